The molecule has 1 fully saturated rings. The molecule has 0 amide bonds. The second-order valence-electron chi connectivity index (χ2n) is 3.74. The highest BCUT2D eigenvalue weighted by Gasteiger charge is 2.26. The Morgan fingerprint density at radius 2 is 2.50 bits per heavy atom. The predicted octanol–water partition coefficient (Wildman–Crippen LogP) is 0.731. The first-order chi connectivity index (χ1) is 6.77. The maximum Gasteiger partial charge on any atom is 0.0829 e. The third-order valence-corrected chi connectivity index (χ3v) is 3.67. The van der Waals surface area contributed by atoms with Gasteiger partial charge in [-0.05, 0) is 18.4 Å². The van der Waals surface area contributed by atoms with E-state index in [9.17, 15) is 5.11 Å². The van der Waals surface area contributed by atoms with E-state index in [4.69, 9.17) is 0 Å². The Morgan fingerprint density at radius 1 is 1.64 bits per heavy atom. The van der Waals surface area contributed by atoms with Crippen molar-refractivity contribution in [3.8, 4) is 0 Å². The summed E-state index contributed by atoms with van der Waals surface area (Å²) in [7, 11) is 0. The van der Waals surface area contributed by atoms with Crippen molar-refractivity contribution in [2.24, 2.45) is 0 Å². The number of thiophene rings is 1. The van der Waals surface area contributed by atoms with Crippen molar-refractivity contribution < 1.29 is 5.11 Å². The van der Waals surface area contributed by atoms with Gasteiger partial charge in [-0.3, -0.25) is 0 Å². The van der Waals surface area contributed by atoms with Crippen LogP contribution in [0.1, 0.15) is 17.8 Å². The largest absolute Gasteiger partial charge is 0.390 e. The topological polar surface area (TPSA) is 44.3 Å². The molecule has 14 heavy (non-hydrogen) atoms. The fourth-order valence-electron chi connectivity index (χ4n) is 1.78. The molecule has 1 aromatic heterocycles. The van der Waals surface area contributed by atoms with Crippen LogP contribution in [0.25, 0.3) is 0 Å². The zero-order valence-electron chi connectivity index (χ0n) is 8.23. The molecule has 3 N–H and O–H groups in total. The highest BCUT2D eigenvalue weighted by Crippen LogP contribution is 2.19. The Bertz CT molecular complexity index is 276. The normalized spacial score (nSPS) is 29.3. The summed E-state index contributed by atoms with van der Waals surface area (Å²) in [6, 6.07) is 4.69. The molecule has 1 unspecified atom stereocenters. The van der Waals surface area contributed by atoms with E-state index in [0.717, 1.165) is 6.54 Å². The van der Waals surface area contributed by atoms with Crippen molar-refractivity contribution >= 4 is 11.3 Å². The summed E-state index contributed by atoms with van der Waals surface area (Å²) >= 11 is 1.75. The van der Waals surface area contributed by atoms with Gasteiger partial charge in [0.15, 0.2) is 0 Å². The average molecular weight is 212 g/mol. The van der Waals surface area contributed by atoms with Gasteiger partial charge in [-0.2, -0.15) is 0 Å². The van der Waals surface area contributed by atoms with Gasteiger partial charge in [0.05, 0.1) is 6.10 Å². The maximum atomic E-state index is 9.61. The number of aliphatic hydroxyl groups excluding tert-OH is 1. The number of rotatable bonds is 3. The summed E-state index contributed by atoms with van der Waals surface area (Å²) in [5.41, 5.74) is 0. The summed E-state index contributed by atoms with van der Waals surface area (Å²) in [5, 5.41) is 18.3. The molecule has 0 saturated carbocycles. The number of β-amino-alcohol motifs (C(OH)–C–C–N with tert-alkyl or cyclic N) is 1. The van der Waals surface area contributed by atoms with E-state index in [-0.39, 0.29) is 12.1 Å². The molecule has 2 rings (SSSR count). The molecular weight excluding hydrogens is 196 g/mol. The minimum Gasteiger partial charge on any atom is -0.390 e. The van der Waals surface area contributed by atoms with Crippen LogP contribution in [0.2, 0.25) is 0 Å². The van der Waals surface area contributed by atoms with Gasteiger partial charge in [-0.25, -0.2) is 0 Å². The van der Waals surface area contributed by atoms with Gasteiger partial charge in [0, 0.05) is 30.1 Å². The molecule has 0 spiro atoms. The lowest BCUT2D eigenvalue weighted by Crippen LogP contribution is -2.40. The van der Waals surface area contributed by atoms with Crippen LogP contribution < -0.4 is 10.6 Å². The standard InChI is InChI=1S/C10H16N2OS/c1-7(10-3-2-4-14-10)12-8-5-11-6-9(8)13/h2-4,7-9,11-13H,5-6H2,1H3/t7?,8-,9-/m1/s1. The predicted molar refractivity (Wildman–Crippen MR) is 58.5 cm³/mol. The van der Waals surface area contributed by atoms with Gasteiger partial charge in [0.2, 0.25) is 0 Å². The Kier molecular flexibility index (Phi) is 3.18. The van der Waals surface area contributed by atoms with E-state index in [1.807, 2.05) is 0 Å². The summed E-state index contributed by atoms with van der Waals surface area (Å²) in [4.78, 5) is 1.32. The van der Waals surface area contributed by atoms with Crippen molar-refractivity contribution in [3.05, 3.63) is 22.4 Å². The van der Waals surface area contributed by atoms with E-state index < -0.39 is 0 Å². The summed E-state index contributed by atoms with van der Waals surface area (Å²) in [6.07, 6.45) is -0.252. The van der Waals surface area contributed by atoms with Crippen LogP contribution in [-0.2, 0) is 0 Å². The van der Waals surface area contributed by atoms with E-state index in [0.29, 0.717) is 12.6 Å². The number of hydrogen-bond donors (Lipinski definition) is 3. The molecule has 1 aliphatic heterocycles. The quantitative estimate of drug-likeness (QED) is 0.692. The van der Waals surface area contributed by atoms with Crippen molar-refractivity contribution in [2.45, 2.75) is 25.1 Å². The number of nitrogens with one attached hydrogen (secondary N) is 2. The summed E-state index contributed by atoms with van der Waals surface area (Å²) in [5.74, 6) is 0. The first kappa shape index (κ1) is 10.1. The van der Waals surface area contributed by atoms with Crippen LogP contribution in [-0.4, -0.2) is 30.3 Å². The molecular formula is C10H16N2OS. The average Bonchev–Trinajstić information content (AvgIpc) is 2.77. The van der Waals surface area contributed by atoms with Gasteiger partial charge in [0.1, 0.15) is 0 Å². The SMILES string of the molecule is CC(N[C@@H]1CNC[C@H]1O)c1cccs1. The lowest BCUT2D eigenvalue weighted by atomic mass is 10.1. The lowest BCUT2D eigenvalue weighted by molar-refractivity contribution is 0.158. The summed E-state index contributed by atoms with van der Waals surface area (Å²) in [6.45, 7) is 3.70. The van der Waals surface area contributed by atoms with Gasteiger partial charge in [-0.1, -0.05) is 6.07 Å². The molecule has 0 aromatic carbocycles. The fraction of sp³-hybridized carbons (Fsp3) is 0.600. The van der Waals surface area contributed by atoms with Crippen LogP contribution in [0, 0.1) is 0 Å². The van der Waals surface area contributed by atoms with Crippen molar-refractivity contribution in [1.82, 2.24) is 10.6 Å². The second kappa shape index (κ2) is 4.40. The fourth-order valence-corrected chi connectivity index (χ4v) is 2.52. The molecule has 2 heterocycles. The number of hydrogen-bond acceptors (Lipinski definition) is 4. The van der Waals surface area contributed by atoms with Crippen LogP contribution in [0.4, 0.5) is 0 Å². The molecule has 1 aliphatic rings. The monoisotopic (exact) mass is 212 g/mol. The maximum absolute atomic E-state index is 9.61. The van der Waals surface area contributed by atoms with E-state index >= 15 is 0 Å². The van der Waals surface area contributed by atoms with Gasteiger partial charge in [0.25, 0.3) is 0 Å². The van der Waals surface area contributed by atoms with Crippen molar-refractivity contribution in [3.63, 3.8) is 0 Å². The van der Waals surface area contributed by atoms with Crippen LogP contribution in [0.5, 0.6) is 0 Å². The molecule has 0 radical (unpaired) electrons. The molecule has 3 nitrogen and oxygen atoms in total. The minimum atomic E-state index is -0.252. The zero-order valence-corrected chi connectivity index (χ0v) is 9.05. The Balaban J connectivity index is 1.91. The number of aliphatic hydroxyl groups is 1. The first-order valence-electron chi connectivity index (χ1n) is 4.95. The molecule has 4 heteroatoms. The molecule has 0 aliphatic carbocycles. The third-order valence-electron chi connectivity index (χ3n) is 2.62. The van der Waals surface area contributed by atoms with Crippen LogP contribution >= 0.6 is 11.3 Å². The van der Waals surface area contributed by atoms with Gasteiger partial charge < -0.3 is 15.7 Å². The van der Waals surface area contributed by atoms with E-state index in [2.05, 4.69) is 35.1 Å². The molecule has 3 atom stereocenters. The molecule has 1 aromatic rings. The van der Waals surface area contributed by atoms with E-state index in [1.165, 1.54) is 4.88 Å². The molecule has 0 bridgehead atoms. The van der Waals surface area contributed by atoms with Crippen LogP contribution in [0.15, 0.2) is 17.5 Å². The summed E-state index contributed by atoms with van der Waals surface area (Å²) < 4.78 is 0. The van der Waals surface area contributed by atoms with Crippen LogP contribution in [0.3, 0.4) is 0 Å². The Morgan fingerprint density at radius 3 is 3.07 bits per heavy atom. The Hall–Kier alpha value is -0.420. The zero-order chi connectivity index (χ0) is 9.97. The minimum absolute atomic E-state index is 0.187. The highest BCUT2D eigenvalue weighted by atomic mass is 32.1. The highest BCUT2D eigenvalue weighted by molar-refractivity contribution is 7.10. The van der Waals surface area contributed by atoms with Crippen molar-refractivity contribution in [2.75, 3.05) is 13.1 Å². The van der Waals surface area contributed by atoms with Gasteiger partial charge >= 0.3 is 0 Å². The van der Waals surface area contributed by atoms with E-state index in [1.54, 1.807) is 11.3 Å². The molecule has 78 valence electrons. The third kappa shape index (κ3) is 2.15. The second-order valence-corrected chi connectivity index (χ2v) is 4.72. The van der Waals surface area contributed by atoms with Crippen molar-refractivity contribution in [1.29, 1.82) is 0 Å². The van der Waals surface area contributed by atoms with Gasteiger partial charge in [-0.15, -0.1) is 11.3 Å². The molecule has 1 saturated heterocycles. The Labute approximate surface area is 88.1 Å². The lowest BCUT2D eigenvalue weighted by Gasteiger charge is -2.20. The smallest absolute Gasteiger partial charge is 0.0829 e. The first-order valence-corrected chi connectivity index (χ1v) is 5.83.